The Kier molecular flexibility index (Phi) is 5.02. The minimum absolute atomic E-state index is 0.604. The Labute approximate surface area is 116 Å². The van der Waals surface area contributed by atoms with Crippen molar-refractivity contribution < 1.29 is 0 Å². The number of rotatable bonds is 5. The van der Waals surface area contributed by atoms with Crippen LogP contribution in [0.4, 0.5) is 0 Å². The molecule has 0 spiro atoms. The van der Waals surface area contributed by atoms with Gasteiger partial charge in [-0.15, -0.1) is 0 Å². The fourth-order valence-corrected chi connectivity index (χ4v) is 2.53. The van der Waals surface area contributed by atoms with Crippen LogP contribution in [-0.2, 0) is 6.42 Å². The molecule has 19 heavy (non-hydrogen) atoms. The zero-order valence-electron chi connectivity index (χ0n) is 11.9. The van der Waals surface area contributed by atoms with Gasteiger partial charge >= 0.3 is 0 Å². The van der Waals surface area contributed by atoms with Crippen LogP contribution in [0.2, 0.25) is 0 Å². The highest BCUT2D eigenvalue weighted by atomic mass is 14.9. The summed E-state index contributed by atoms with van der Waals surface area (Å²) in [5.41, 5.74) is 4.21. The van der Waals surface area contributed by atoms with E-state index in [-0.39, 0.29) is 0 Å². The zero-order chi connectivity index (χ0) is 13.5. The lowest BCUT2D eigenvalue weighted by Crippen LogP contribution is -2.15. The number of allylic oxidation sites excluding steroid dienone is 5. The molecule has 0 saturated carbocycles. The van der Waals surface area contributed by atoms with E-state index < -0.39 is 0 Å². The van der Waals surface area contributed by atoms with E-state index in [9.17, 15) is 0 Å². The van der Waals surface area contributed by atoms with E-state index in [2.05, 4.69) is 61.7 Å². The summed E-state index contributed by atoms with van der Waals surface area (Å²) in [5.74, 6) is 0.604. The summed E-state index contributed by atoms with van der Waals surface area (Å²) in [7, 11) is 0. The predicted octanol–water partition coefficient (Wildman–Crippen LogP) is 4.51. The smallest absolute Gasteiger partial charge is 0.0178 e. The van der Waals surface area contributed by atoms with Crippen molar-refractivity contribution >= 4 is 0 Å². The van der Waals surface area contributed by atoms with E-state index in [0.717, 1.165) is 6.42 Å². The van der Waals surface area contributed by atoms with E-state index in [0.29, 0.717) is 5.92 Å². The van der Waals surface area contributed by atoms with Gasteiger partial charge in [-0.1, -0.05) is 43.3 Å². The lowest BCUT2D eigenvalue weighted by Gasteiger charge is -2.19. The standard InChI is InChI=1S/C18H23N/c1-3-16(18-11-5-4-8-14-19-18)12-13-17-10-7-6-9-15(17)2/h4-11,14,16,19H,3,12-13H2,1-2H3. The average molecular weight is 253 g/mol. The summed E-state index contributed by atoms with van der Waals surface area (Å²) < 4.78 is 0. The van der Waals surface area contributed by atoms with Crippen molar-refractivity contribution in [3.63, 3.8) is 0 Å². The van der Waals surface area contributed by atoms with Crippen LogP contribution in [0.5, 0.6) is 0 Å². The lowest BCUT2D eigenvalue weighted by molar-refractivity contribution is 0.521. The molecule has 1 heterocycles. The van der Waals surface area contributed by atoms with E-state index in [4.69, 9.17) is 0 Å². The van der Waals surface area contributed by atoms with Gasteiger partial charge in [0.05, 0.1) is 0 Å². The summed E-state index contributed by atoms with van der Waals surface area (Å²) in [6, 6.07) is 8.70. The summed E-state index contributed by atoms with van der Waals surface area (Å²) in [5, 5.41) is 3.40. The average Bonchev–Trinajstić information content (AvgIpc) is 2.71. The largest absolute Gasteiger partial charge is 0.365 e. The Hall–Kier alpha value is -1.76. The minimum Gasteiger partial charge on any atom is -0.365 e. The van der Waals surface area contributed by atoms with Crippen molar-refractivity contribution in [1.29, 1.82) is 0 Å². The Morgan fingerprint density at radius 3 is 2.74 bits per heavy atom. The molecule has 0 saturated heterocycles. The maximum atomic E-state index is 3.40. The van der Waals surface area contributed by atoms with Gasteiger partial charge in [-0.25, -0.2) is 0 Å². The van der Waals surface area contributed by atoms with E-state index in [1.807, 2.05) is 12.3 Å². The third-order valence-corrected chi connectivity index (χ3v) is 3.80. The molecule has 1 atom stereocenters. The Balaban J connectivity index is 2.00. The first-order valence-corrected chi connectivity index (χ1v) is 7.15. The molecule has 1 aromatic rings. The van der Waals surface area contributed by atoms with E-state index >= 15 is 0 Å². The Morgan fingerprint density at radius 1 is 1.11 bits per heavy atom. The second kappa shape index (κ2) is 6.98. The normalized spacial score (nSPS) is 15.6. The molecule has 1 unspecified atom stereocenters. The van der Waals surface area contributed by atoms with Crippen molar-refractivity contribution in [2.24, 2.45) is 5.92 Å². The summed E-state index contributed by atoms with van der Waals surface area (Å²) in [6.45, 7) is 4.47. The molecule has 0 radical (unpaired) electrons. The first-order valence-electron chi connectivity index (χ1n) is 7.15. The van der Waals surface area contributed by atoms with Gasteiger partial charge in [0.25, 0.3) is 0 Å². The van der Waals surface area contributed by atoms with Crippen molar-refractivity contribution in [3.8, 4) is 0 Å². The molecule has 2 rings (SSSR count). The third-order valence-electron chi connectivity index (χ3n) is 3.80. The number of hydrogen-bond acceptors (Lipinski definition) is 1. The highest BCUT2D eigenvalue weighted by Crippen LogP contribution is 2.22. The minimum atomic E-state index is 0.604. The molecular weight excluding hydrogens is 230 g/mol. The summed E-state index contributed by atoms with van der Waals surface area (Å²) in [6.07, 6.45) is 14.0. The second-order valence-electron chi connectivity index (χ2n) is 5.08. The summed E-state index contributed by atoms with van der Waals surface area (Å²) in [4.78, 5) is 0. The Morgan fingerprint density at radius 2 is 1.95 bits per heavy atom. The molecule has 1 aliphatic heterocycles. The molecule has 1 aromatic carbocycles. The second-order valence-corrected chi connectivity index (χ2v) is 5.08. The van der Waals surface area contributed by atoms with Gasteiger partial charge in [0.2, 0.25) is 0 Å². The number of aryl methyl sites for hydroxylation is 2. The van der Waals surface area contributed by atoms with Crippen LogP contribution in [0.3, 0.4) is 0 Å². The number of benzene rings is 1. The third kappa shape index (κ3) is 3.85. The fourth-order valence-electron chi connectivity index (χ4n) is 2.53. The molecule has 1 nitrogen and oxygen atoms in total. The maximum Gasteiger partial charge on any atom is 0.0178 e. The molecule has 0 bridgehead atoms. The SMILES string of the molecule is CCC(CCc1ccccc1C)C1=CC=CC=CN1. The molecule has 0 aromatic heterocycles. The highest BCUT2D eigenvalue weighted by Gasteiger charge is 2.12. The molecule has 0 fully saturated rings. The van der Waals surface area contributed by atoms with E-state index in [1.54, 1.807) is 0 Å². The molecular formula is C18H23N. The first-order chi connectivity index (χ1) is 9.31. The van der Waals surface area contributed by atoms with Crippen molar-refractivity contribution in [1.82, 2.24) is 5.32 Å². The molecule has 1 aliphatic rings. The fraction of sp³-hybridized carbons (Fsp3) is 0.333. The van der Waals surface area contributed by atoms with Crippen LogP contribution in [0.25, 0.3) is 0 Å². The van der Waals surface area contributed by atoms with Crippen LogP contribution in [-0.4, -0.2) is 0 Å². The van der Waals surface area contributed by atoms with Crippen LogP contribution in [0.15, 0.2) is 60.5 Å². The predicted molar refractivity (Wildman–Crippen MR) is 82.8 cm³/mol. The molecule has 1 heteroatoms. The van der Waals surface area contributed by atoms with Crippen LogP contribution >= 0.6 is 0 Å². The van der Waals surface area contributed by atoms with Gasteiger partial charge in [0.1, 0.15) is 0 Å². The zero-order valence-corrected chi connectivity index (χ0v) is 11.9. The summed E-state index contributed by atoms with van der Waals surface area (Å²) >= 11 is 0. The van der Waals surface area contributed by atoms with Gasteiger partial charge in [-0.3, -0.25) is 0 Å². The number of nitrogens with one attached hydrogen (secondary N) is 1. The topological polar surface area (TPSA) is 12.0 Å². The van der Waals surface area contributed by atoms with E-state index in [1.165, 1.54) is 29.7 Å². The lowest BCUT2D eigenvalue weighted by atomic mass is 9.92. The van der Waals surface area contributed by atoms with Crippen molar-refractivity contribution in [2.45, 2.75) is 33.1 Å². The van der Waals surface area contributed by atoms with Crippen LogP contribution in [0, 0.1) is 12.8 Å². The van der Waals surface area contributed by atoms with Crippen molar-refractivity contribution in [2.75, 3.05) is 0 Å². The molecule has 1 N–H and O–H groups in total. The van der Waals surface area contributed by atoms with Gasteiger partial charge < -0.3 is 5.32 Å². The highest BCUT2D eigenvalue weighted by molar-refractivity contribution is 5.27. The van der Waals surface area contributed by atoms with Crippen LogP contribution in [0.1, 0.15) is 30.9 Å². The van der Waals surface area contributed by atoms with Gasteiger partial charge in [0, 0.05) is 11.9 Å². The Bertz CT molecular complexity index is 494. The van der Waals surface area contributed by atoms with Gasteiger partial charge in [-0.05, 0) is 55.4 Å². The molecule has 0 aliphatic carbocycles. The van der Waals surface area contributed by atoms with Gasteiger partial charge in [-0.2, -0.15) is 0 Å². The number of hydrogen-bond donors (Lipinski definition) is 1. The quantitative estimate of drug-likeness (QED) is 0.814. The van der Waals surface area contributed by atoms with Crippen LogP contribution < -0.4 is 5.32 Å². The van der Waals surface area contributed by atoms with Crippen molar-refractivity contribution in [3.05, 3.63) is 71.6 Å². The maximum absolute atomic E-state index is 3.40. The molecule has 100 valence electrons. The first kappa shape index (κ1) is 13.7. The molecule has 0 amide bonds. The monoisotopic (exact) mass is 253 g/mol. The van der Waals surface area contributed by atoms with Gasteiger partial charge in [0.15, 0.2) is 0 Å².